The topological polar surface area (TPSA) is 52.2 Å². The summed E-state index contributed by atoms with van der Waals surface area (Å²) in [6, 6.07) is 6.85. The summed E-state index contributed by atoms with van der Waals surface area (Å²) in [7, 11) is 0. The Kier molecular flexibility index (Phi) is 6.28. The molecule has 2 fully saturated rings. The number of hydrogen-bond acceptors (Lipinski definition) is 3. The number of aromatic amines is 1. The minimum absolute atomic E-state index is 0.422. The highest BCUT2D eigenvalue weighted by Gasteiger charge is 2.27. The van der Waals surface area contributed by atoms with E-state index in [1.165, 1.54) is 55.3 Å². The summed E-state index contributed by atoms with van der Waals surface area (Å²) in [6.45, 7) is 4.16. The van der Waals surface area contributed by atoms with E-state index in [1.54, 1.807) is 0 Å². The van der Waals surface area contributed by atoms with Crippen LogP contribution in [0.3, 0.4) is 0 Å². The summed E-state index contributed by atoms with van der Waals surface area (Å²) in [5.74, 6) is 1.76. The number of rotatable bonds is 5. The number of likely N-dealkylation sites (tertiary alicyclic amines) is 1. The molecular formula is C26H36N4O. The van der Waals surface area contributed by atoms with Crippen molar-refractivity contribution in [3.05, 3.63) is 36.2 Å². The molecule has 3 heterocycles. The van der Waals surface area contributed by atoms with Crippen molar-refractivity contribution >= 4 is 11.6 Å². The van der Waals surface area contributed by atoms with Crippen molar-refractivity contribution in [2.45, 2.75) is 64.2 Å². The van der Waals surface area contributed by atoms with Gasteiger partial charge in [0.25, 0.3) is 0 Å². The molecule has 5 nitrogen and oxygen atoms in total. The van der Waals surface area contributed by atoms with Crippen LogP contribution in [-0.4, -0.2) is 47.2 Å². The Bertz CT molecular complexity index is 872. The lowest BCUT2D eigenvalue weighted by Gasteiger charge is -2.27. The number of carbonyl (C=O) groups excluding carboxylic acids is 1. The van der Waals surface area contributed by atoms with Crippen LogP contribution in [0.2, 0.25) is 0 Å². The second kappa shape index (κ2) is 9.46. The molecule has 1 aromatic heterocycles. The van der Waals surface area contributed by atoms with Crippen LogP contribution in [-0.2, 0) is 11.2 Å². The van der Waals surface area contributed by atoms with E-state index >= 15 is 0 Å². The smallest absolute Gasteiger partial charge is 0.222 e. The van der Waals surface area contributed by atoms with Gasteiger partial charge in [-0.25, -0.2) is 0 Å². The van der Waals surface area contributed by atoms with Crippen LogP contribution in [0.1, 0.15) is 63.4 Å². The fraction of sp³-hybridized carbons (Fsp3) is 0.615. The number of carbonyl (C=O) groups is 1. The molecule has 2 aliphatic heterocycles. The molecule has 0 spiro atoms. The predicted octanol–water partition coefficient (Wildman–Crippen LogP) is 5.04. The van der Waals surface area contributed by atoms with E-state index in [4.69, 9.17) is 0 Å². The molecule has 0 radical (unpaired) electrons. The van der Waals surface area contributed by atoms with Crippen LogP contribution >= 0.6 is 0 Å². The van der Waals surface area contributed by atoms with E-state index < -0.39 is 0 Å². The van der Waals surface area contributed by atoms with E-state index in [9.17, 15) is 4.79 Å². The summed E-state index contributed by atoms with van der Waals surface area (Å²) in [6.07, 6.45) is 15.8. The van der Waals surface area contributed by atoms with E-state index in [0.29, 0.717) is 17.7 Å². The lowest BCUT2D eigenvalue weighted by Crippen LogP contribution is -2.34. The highest BCUT2D eigenvalue weighted by atomic mass is 16.2. The fourth-order valence-corrected chi connectivity index (χ4v) is 5.92. The van der Waals surface area contributed by atoms with Gasteiger partial charge in [-0.1, -0.05) is 25.3 Å². The van der Waals surface area contributed by atoms with Gasteiger partial charge in [-0.05, 0) is 73.6 Å². The van der Waals surface area contributed by atoms with Gasteiger partial charge in [0.1, 0.15) is 0 Å². The van der Waals surface area contributed by atoms with E-state index in [2.05, 4.69) is 38.2 Å². The van der Waals surface area contributed by atoms with Crippen molar-refractivity contribution in [2.24, 2.45) is 11.8 Å². The van der Waals surface area contributed by atoms with Crippen LogP contribution in [0.15, 0.2) is 30.6 Å². The van der Waals surface area contributed by atoms with Crippen molar-refractivity contribution in [2.75, 3.05) is 31.1 Å². The maximum Gasteiger partial charge on any atom is 0.222 e. The molecule has 5 rings (SSSR count). The number of anilines is 1. The van der Waals surface area contributed by atoms with Crippen molar-refractivity contribution in [3.8, 4) is 11.1 Å². The molecule has 1 amide bonds. The van der Waals surface area contributed by atoms with Gasteiger partial charge in [0.2, 0.25) is 5.91 Å². The minimum Gasteiger partial charge on any atom is -0.371 e. The first-order chi connectivity index (χ1) is 15.3. The maximum absolute atomic E-state index is 12.9. The average molecular weight is 421 g/mol. The number of fused-ring (bicyclic) bond motifs is 1. The molecule has 1 saturated heterocycles. The Morgan fingerprint density at radius 1 is 0.968 bits per heavy atom. The van der Waals surface area contributed by atoms with Crippen molar-refractivity contribution in [1.29, 1.82) is 0 Å². The summed E-state index contributed by atoms with van der Waals surface area (Å²) >= 11 is 0. The molecule has 2 aromatic rings. The van der Waals surface area contributed by atoms with Crippen molar-refractivity contribution in [3.63, 3.8) is 0 Å². The van der Waals surface area contributed by atoms with Crippen molar-refractivity contribution < 1.29 is 4.79 Å². The molecule has 3 aliphatic rings. The number of H-pyrrole nitrogens is 1. The molecular weight excluding hydrogens is 384 g/mol. The summed E-state index contributed by atoms with van der Waals surface area (Å²) in [5, 5.41) is 6.99. The Labute approximate surface area is 186 Å². The van der Waals surface area contributed by atoms with Gasteiger partial charge in [0, 0.05) is 50.0 Å². The molecule has 1 aromatic carbocycles. The molecule has 1 N–H and O–H groups in total. The van der Waals surface area contributed by atoms with Gasteiger partial charge in [-0.3, -0.25) is 9.89 Å². The normalized spacial score (nSPS) is 22.4. The number of nitrogens with zero attached hydrogens (tertiary/aromatic N) is 3. The largest absolute Gasteiger partial charge is 0.371 e. The molecule has 1 atom stereocenters. The summed E-state index contributed by atoms with van der Waals surface area (Å²) in [5.41, 5.74) is 5.26. The zero-order valence-corrected chi connectivity index (χ0v) is 18.7. The van der Waals surface area contributed by atoms with Crippen LogP contribution in [0, 0.1) is 11.8 Å². The highest BCUT2D eigenvalue weighted by Crippen LogP contribution is 2.34. The first-order valence-electron chi connectivity index (χ1n) is 12.4. The highest BCUT2D eigenvalue weighted by molar-refractivity contribution is 5.76. The second-order valence-electron chi connectivity index (χ2n) is 9.91. The first kappa shape index (κ1) is 20.6. The SMILES string of the molecule is O=C(CC1CCCCC1)N1CCCC(CN2CCc3cc(-c4cn[nH]c4)ccc32)CC1. The first-order valence-corrected chi connectivity index (χ1v) is 12.4. The molecule has 1 unspecified atom stereocenters. The standard InChI is InChI=1S/C26H36N4O/c31-26(15-20-5-2-1-3-6-20)29-12-4-7-21(10-13-29)19-30-14-11-23-16-22(8-9-25(23)30)24-17-27-28-18-24/h8-9,16-18,20-21H,1-7,10-15,19H2,(H,27,28). The van der Waals surface area contributed by atoms with Gasteiger partial charge >= 0.3 is 0 Å². The number of hydrogen-bond donors (Lipinski definition) is 1. The third-order valence-electron chi connectivity index (χ3n) is 7.77. The van der Waals surface area contributed by atoms with Crippen LogP contribution in [0.25, 0.3) is 11.1 Å². The van der Waals surface area contributed by atoms with Gasteiger partial charge < -0.3 is 9.80 Å². The van der Waals surface area contributed by atoms with E-state index in [1.807, 2.05) is 12.4 Å². The predicted molar refractivity (Wildman–Crippen MR) is 125 cm³/mol. The van der Waals surface area contributed by atoms with Crippen LogP contribution in [0.4, 0.5) is 5.69 Å². The van der Waals surface area contributed by atoms with Gasteiger partial charge in [-0.2, -0.15) is 5.10 Å². The average Bonchev–Trinajstić information content (AvgIpc) is 3.40. The molecule has 31 heavy (non-hydrogen) atoms. The number of nitrogens with one attached hydrogen (secondary N) is 1. The summed E-state index contributed by atoms with van der Waals surface area (Å²) < 4.78 is 0. The van der Waals surface area contributed by atoms with E-state index in [0.717, 1.165) is 57.4 Å². The van der Waals surface area contributed by atoms with Gasteiger partial charge in [0.05, 0.1) is 6.20 Å². The van der Waals surface area contributed by atoms with Crippen LogP contribution in [0.5, 0.6) is 0 Å². The molecule has 166 valence electrons. The van der Waals surface area contributed by atoms with Crippen LogP contribution < -0.4 is 4.90 Å². The zero-order chi connectivity index (χ0) is 21.0. The van der Waals surface area contributed by atoms with Crippen molar-refractivity contribution in [1.82, 2.24) is 15.1 Å². The molecule has 1 saturated carbocycles. The van der Waals surface area contributed by atoms with Gasteiger partial charge in [0.15, 0.2) is 0 Å². The zero-order valence-electron chi connectivity index (χ0n) is 18.7. The Morgan fingerprint density at radius 3 is 2.68 bits per heavy atom. The molecule has 1 aliphatic carbocycles. The number of aromatic nitrogens is 2. The quantitative estimate of drug-likeness (QED) is 0.737. The third kappa shape index (κ3) is 4.81. The third-order valence-corrected chi connectivity index (χ3v) is 7.77. The fourth-order valence-electron chi connectivity index (χ4n) is 5.92. The summed E-state index contributed by atoms with van der Waals surface area (Å²) in [4.78, 5) is 17.6. The lowest BCUT2D eigenvalue weighted by molar-refractivity contribution is -0.132. The second-order valence-corrected chi connectivity index (χ2v) is 9.91. The molecule has 0 bridgehead atoms. The lowest BCUT2D eigenvalue weighted by atomic mass is 9.86. The monoisotopic (exact) mass is 420 g/mol. The minimum atomic E-state index is 0.422. The Hall–Kier alpha value is -2.30. The maximum atomic E-state index is 12.9. The number of amides is 1. The Balaban J connectivity index is 1.15. The Morgan fingerprint density at radius 2 is 1.84 bits per heavy atom. The van der Waals surface area contributed by atoms with Gasteiger partial charge in [-0.15, -0.1) is 0 Å². The van der Waals surface area contributed by atoms with E-state index in [-0.39, 0.29) is 0 Å². The number of benzene rings is 1. The molecule has 5 heteroatoms.